The van der Waals surface area contributed by atoms with Crippen molar-refractivity contribution in [3.05, 3.63) is 21.9 Å². The van der Waals surface area contributed by atoms with E-state index in [0.29, 0.717) is 0 Å². The number of rotatable bonds is 32. The summed E-state index contributed by atoms with van der Waals surface area (Å²) < 4.78 is 12.5. The molecule has 1 aromatic rings. The van der Waals surface area contributed by atoms with E-state index in [1.165, 1.54) is 178 Å². The second kappa shape index (κ2) is 29.7. The van der Waals surface area contributed by atoms with E-state index in [4.69, 9.17) is 9.47 Å². The van der Waals surface area contributed by atoms with Crippen LogP contribution < -0.4 is 0 Å². The lowest BCUT2D eigenvalue weighted by atomic mass is 10.0. The molecule has 0 saturated heterocycles. The van der Waals surface area contributed by atoms with Crippen LogP contribution in [0, 0.1) is 0 Å². The van der Waals surface area contributed by atoms with Gasteiger partial charge in [-0.3, -0.25) is 0 Å². The molecule has 0 amide bonds. The molecule has 1 aromatic heterocycles. The summed E-state index contributed by atoms with van der Waals surface area (Å²) in [5, 5.41) is 4.55. The molecule has 0 aliphatic heterocycles. The van der Waals surface area contributed by atoms with Crippen LogP contribution in [0.5, 0.6) is 0 Å². The van der Waals surface area contributed by atoms with Crippen molar-refractivity contribution in [2.75, 3.05) is 13.2 Å². The largest absolute Gasteiger partial charge is 0.374 e. The van der Waals surface area contributed by atoms with E-state index in [1.54, 1.807) is 11.3 Å². The van der Waals surface area contributed by atoms with Crippen molar-refractivity contribution in [2.24, 2.45) is 0 Å². The van der Waals surface area contributed by atoms with Gasteiger partial charge in [0.25, 0.3) is 0 Å². The third-order valence-electron chi connectivity index (χ3n) is 8.83. The second-order valence-corrected chi connectivity index (χ2v) is 13.5. The van der Waals surface area contributed by atoms with Gasteiger partial charge >= 0.3 is 0 Å². The van der Waals surface area contributed by atoms with Gasteiger partial charge in [-0.2, -0.15) is 11.3 Å². The first kappa shape index (κ1) is 38.6. The highest BCUT2D eigenvalue weighted by Crippen LogP contribution is 2.31. The summed E-state index contributed by atoms with van der Waals surface area (Å²) in [5.41, 5.74) is 2.67. The molecule has 1 rings (SSSR count). The molecule has 2 atom stereocenters. The van der Waals surface area contributed by atoms with Crippen molar-refractivity contribution in [1.29, 1.82) is 0 Å². The van der Waals surface area contributed by atoms with Gasteiger partial charge in [-0.25, -0.2) is 0 Å². The van der Waals surface area contributed by atoms with Gasteiger partial charge < -0.3 is 9.47 Å². The van der Waals surface area contributed by atoms with Crippen LogP contribution in [0.1, 0.15) is 218 Å². The molecular weight excluding hydrogens is 520 g/mol. The fraction of sp³-hybridized carbons (Fsp3) is 0.895. The van der Waals surface area contributed by atoms with Crippen LogP contribution in [0.3, 0.4) is 0 Å². The SMILES string of the molecule is CCCCCCCCCCCCCCCOC(C)c1cscc1C(C)OCCCCCCCCCCCCCCC. The molecular formula is C38H72O2S. The summed E-state index contributed by atoms with van der Waals surface area (Å²) >= 11 is 1.79. The average Bonchev–Trinajstić information content (AvgIpc) is 3.48. The van der Waals surface area contributed by atoms with Crippen molar-refractivity contribution in [1.82, 2.24) is 0 Å². The molecule has 2 nitrogen and oxygen atoms in total. The summed E-state index contributed by atoms with van der Waals surface area (Å²) in [4.78, 5) is 0. The third-order valence-corrected chi connectivity index (χ3v) is 9.61. The smallest absolute Gasteiger partial charge is 0.0808 e. The minimum Gasteiger partial charge on any atom is -0.374 e. The lowest BCUT2D eigenvalue weighted by molar-refractivity contribution is 0.0475. The van der Waals surface area contributed by atoms with E-state index in [2.05, 4.69) is 38.5 Å². The first-order valence-electron chi connectivity index (χ1n) is 18.5. The molecule has 0 N–H and O–H groups in total. The summed E-state index contributed by atoms with van der Waals surface area (Å²) in [6.45, 7) is 10.8. The number of hydrogen-bond donors (Lipinski definition) is 0. The first-order chi connectivity index (χ1) is 20.2. The standard InChI is InChI=1S/C38H72O2S/c1-5-7-9-11-13-15-17-19-21-23-25-27-29-31-39-35(3)37-33-41-34-38(37)36(4)40-32-30-28-26-24-22-20-18-16-14-12-10-8-6-2/h33-36H,5-32H2,1-4H3. The van der Waals surface area contributed by atoms with Crippen LogP contribution in [0.2, 0.25) is 0 Å². The summed E-state index contributed by atoms with van der Waals surface area (Å²) in [6.07, 6.45) is 36.5. The molecule has 0 bridgehead atoms. The van der Waals surface area contributed by atoms with Crippen molar-refractivity contribution in [3.63, 3.8) is 0 Å². The maximum atomic E-state index is 6.26. The lowest BCUT2D eigenvalue weighted by Gasteiger charge is -2.18. The minimum atomic E-state index is 0.163. The Kier molecular flexibility index (Phi) is 28.0. The quantitative estimate of drug-likeness (QED) is 0.0775. The van der Waals surface area contributed by atoms with E-state index in [0.717, 1.165) is 13.2 Å². The molecule has 242 valence electrons. The minimum absolute atomic E-state index is 0.163. The maximum Gasteiger partial charge on any atom is 0.0808 e. The first-order valence-corrected chi connectivity index (χ1v) is 19.4. The highest BCUT2D eigenvalue weighted by atomic mass is 32.1. The second-order valence-electron chi connectivity index (χ2n) is 12.8. The van der Waals surface area contributed by atoms with Crippen molar-refractivity contribution in [2.45, 2.75) is 207 Å². The molecule has 1 heterocycles. The molecule has 0 aliphatic rings. The Labute approximate surface area is 262 Å². The third kappa shape index (κ3) is 22.8. The lowest BCUT2D eigenvalue weighted by Crippen LogP contribution is -2.07. The van der Waals surface area contributed by atoms with Crippen molar-refractivity contribution >= 4 is 11.3 Å². The van der Waals surface area contributed by atoms with Gasteiger partial charge in [0.1, 0.15) is 0 Å². The molecule has 0 radical (unpaired) electrons. The molecule has 3 heteroatoms. The number of ether oxygens (including phenoxy) is 2. The Morgan fingerprint density at radius 1 is 0.415 bits per heavy atom. The fourth-order valence-electron chi connectivity index (χ4n) is 5.92. The van der Waals surface area contributed by atoms with E-state index in [-0.39, 0.29) is 12.2 Å². The molecule has 0 aliphatic carbocycles. The highest BCUT2D eigenvalue weighted by molar-refractivity contribution is 7.08. The Balaban J connectivity index is 1.98. The van der Waals surface area contributed by atoms with Crippen LogP contribution in [0.15, 0.2) is 10.8 Å². The number of unbranched alkanes of at least 4 members (excludes halogenated alkanes) is 24. The molecule has 0 aromatic carbocycles. The van der Waals surface area contributed by atoms with E-state index >= 15 is 0 Å². The fourth-order valence-corrected chi connectivity index (χ4v) is 6.93. The number of thiophene rings is 1. The highest BCUT2D eigenvalue weighted by Gasteiger charge is 2.17. The van der Waals surface area contributed by atoms with Gasteiger partial charge in [0, 0.05) is 13.2 Å². The van der Waals surface area contributed by atoms with Crippen LogP contribution in [-0.4, -0.2) is 13.2 Å². The molecule has 0 fully saturated rings. The van der Waals surface area contributed by atoms with Gasteiger partial charge in [-0.15, -0.1) is 0 Å². The van der Waals surface area contributed by atoms with Gasteiger partial charge in [-0.05, 0) is 48.6 Å². The topological polar surface area (TPSA) is 18.5 Å². The zero-order valence-corrected chi connectivity index (χ0v) is 29.1. The van der Waals surface area contributed by atoms with Crippen LogP contribution in [-0.2, 0) is 9.47 Å². The monoisotopic (exact) mass is 593 g/mol. The van der Waals surface area contributed by atoms with Crippen molar-refractivity contribution in [3.8, 4) is 0 Å². The van der Waals surface area contributed by atoms with Gasteiger partial charge in [0.2, 0.25) is 0 Å². The van der Waals surface area contributed by atoms with E-state index in [9.17, 15) is 0 Å². The van der Waals surface area contributed by atoms with Crippen LogP contribution in [0.25, 0.3) is 0 Å². The zero-order chi connectivity index (χ0) is 29.6. The Bertz CT molecular complexity index is 589. The van der Waals surface area contributed by atoms with E-state index in [1.807, 2.05) is 0 Å². The molecule has 0 spiro atoms. The molecule has 0 saturated carbocycles. The Hall–Kier alpha value is -0.380. The summed E-state index contributed by atoms with van der Waals surface area (Å²) in [7, 11) is 0. The molecule has 41 heavy (non-hydrogen) atoms. The van der Waals surface area contributed by atoms with Gasteiger partial charge in [0.05, 0.1) is 12.2 Å². The van der Waals surface area contributed by atoms with Gasteiger partial charge in [-0.1, -0.05) is 168 Å². The Morgan fingerprint density at radius 2 is 0.659 bits per heavy atom. The number of hydrogen-bond acceptors (Lipinski definition) is 3. The molecule has 2 unspecified atom stereocenters. The average molecular weight is 593 g/mol. The van der Waals surface area contributed by atoms with E-state index < -0.39 is 0 Å². The summed E-state index contributed by atoms with van der Waals surface area (Å²) in [6, 6.07) is 0. The predicted molar refractivity (Wildman–Crippen MR) is 184 cm³/mol. The Morgan fingerprint density at radius 3 is 0.927 bits per heavy atom. The maximum absolute atomic E-state index is 6.26. The van der Waals surface area contributed by atoms with Gasteiger partial charge in [0.15, 0.2) is 0 Å². The van der Waals surface area contributed by atoms with Crippen LogP contribution in [0.4, 0.5) is 0 Å². The van der Waals surface area contributed by atoms with Crippen LogP contribution >= 0.6 is 11.3 Å². The normalized spacial score (nSPS) is 13.2. The zero-order valence-electron chi connectivity index (χ0n) is 28.3. The van der Waals surface area contributed by atoms with Crippen molar-refractivity contribution < 1.29 is 9.47 Å². The summed E-state index contributed by atoms with van der Waals surface area (Å²) in [5.74, 6) is 0. The predicted octanol–water partition coefficient (Wildman–Crippen LogP) is 14.1.